The molecular formula is C14H16FN5O. The van der Waals surface area contributed by atoms with Crippen molar-refractivity contribution in [2.45, 2.75) is 32.9 Å². The zero-order chi connectivity index (χ0) is 14.8. The van der Waals surface area contributed by atoms with Crippen LogP contribution in [0.25, 0.3) is 0 Å². The first-order valence-electron chi connectivity index (χ1n) is 6.85. The van der Waals surface area contributed by atoms with Crippen molar-refractivity contribution in [3.05, 3.63) is 41.2 Å². The predicted octanol–water partition coefficient (Wildman–Crippen LogP) is 1.99. The summed E-state index contributed by atoms with van der Waals surface area (Å²) in [6.45, 7) is 3.00. The summed E-state index contributed by atoms with van der Waals surface area (Å²) < 4.78 is 15.2. The van der Waals surface area contributed by atoms with E-state index in [0.29, 0.717) is 12.2 Å². The Balaban J connectivity index is 1.60. The fraction of sp³-hybridized carbons (Fsp3) is 0.357. The molecule has 2 N–H and O–H groups in total. The normalized spacial score (nSPS) is 13.0. The van der Waals surface area contributed by atoms with Gasteiger partial charge in [-0.25, -0.2) is 9.18 Å². The number of amides is 2. The third-order valence-electron chi connectivity index (χ3n) is 3.54. The number of carbonyl (C=O) groups excluding carboxylic acids is 1. The Morgan fingerprint density at radius 2 is 2.29 bits per heavy atom. The number of aromatic nitrogens is 3. The third-order valence-corrected chi connectivity index (χ3v) is 3.54. The van der Waals surface area contributed by atoms with Crippen LogP contribution in [0.3, 0.4) is 0 Å². The highest BCUT2D eigenvalue weighted by molar-refractivity contribution is 5.89. The van der Waals surface area contributed by atoms with Gasteiger partial charge in [0.25, 0.3) is 0 Å². The lowest BCUT2D eigenvalue weighted by molar-refractivity contribution is 0.251. The van der Waals surface area contributed by atoms with E-state index in [9.17, 15) is 9.18 Å². The highest BCUT2D eigenvalue weighted by atomic mass is 19.1. The van der Waals surface area contributed by atoms with Crippen molar-refractivity contribution in [3.63, 3.8) is 0 Å². The predicted molar refractivity (Wildman–Crippen MR) is 75.3 cm³/mol. The van der Waals surface area contributed by atoms with E-state index in [1.807, 2.05) is 4.57 Å². The van der Waals surface area contributed by atoms with Crippen LogP contribution in [0, 0.1) is 12.7 Å². The first-order valence-corrected chi connectivity index (χ1v) is 6.85. The summed E-state index contributed by atoms with van der Waals surface area (Å²) in [5, 5.41) is 13.5. The second kappa shape index (κ2) is 5.51. The topological polar surface area (TPSA) is 71.8 Å². The number of fused-ring (bicyclic) bond motifs is 1. The van der Waals surface area contributed by atoms with Crippen LogP contribution in [-0.2, 0) is 19.5 Å². The van der Waals surface area contributed by atoms with E-state index in [2.05, 4.69) is 20.8 Å². The molecule has 2 amide bonds. The molecule has 0 atom stereocenters. The van der Waals surface area contributed by atoms with Gasteiger partial charge in [0, 0.05) is 18.7 Å². The Bertz CT molecular complexity index is 682. The van der Waals surface area contributed by atoms with Crippen LogP contribution < -0.4 is 10.6 Å². The van der Waals surface area contributed by atoms with E-state index in [0.717, 1.165) is 36.6 Å². The van der Waals surface area contributed by atoms with Crippen molar-refractivity contribution in [2.75, 3.05) is 5.32 Å². The highest BCUT2D eigenvalue weighted by Crippen LogP contribution is 2.16. The van der Waals surface area contributed by atoms with Gasteiger partial charge in [0.15, 0.2) is 5.82 Å². The van der Waals surface area contributed by atoms with Gasteiger partial charge in [0.05, 0.1) is 6.54 Å². The molecule has 0 fully saturated rings. The molecule has 7 heteroatoms. The molecular weight excluding hydrogens is 273 g/mol. The zero-order valence-electron chi connectivity index (χ0n) is 11.7. The summed E-state index contributed by atoms with van der Waals surface area (Å²) >= 11 is 0. The van der Waals surface area contributed by atoms with Gasteiger partial charge < -0.3 is 15.2 Å². The standard InChI is InChI=1S/C14H16FN5O/c1-9-4-5-10(15)7-11(9)17-14(21)16-8-13-19-18-12-3-2-6-20(12)13/h4-5,7H,2-3,6,8H2,1H3,(H2,16,17,21). The highest BCUT2D eigenvalue weighted by Gasteiger charge is 2.17. The Hall–Kier alpha value is -2.44. The molecule has 1 aliphatic rings. The molecule has 0 unspecified atom stereocenters. The average molecular weight is 289 g/mol. The Kier molecular flexibility index (Phi) is 3.55. The first-order chi connectivity index (χ1) is 10.1. The van der Waals surface area contributed by atoms with E-state index in [4.69, 9.17) is 0 Å². The molecule has 110 valence electrons. The maximum atomic E-state index is 13.2. The van der Waals surface area contributed by atoms with Gasteiger partial charge in [0.1, 0.15) is 11.6 Å². The fourth-order valence-corrected chi connectivity index (χ4v) is 2.40. The minimum absolute atomic E-state index is 0.299. The number of nitrogens with one attached hydrogen (secondary N) is 2. The molecule has 3 rings (SSSR count). The molecule has 2 heterocycles. The van der Waals surface area contributed by atoms with E-state index in [1.54, 1.807) is 13.0 Å². The molecule has 0 aliphatic carbocycles. The number of benzene rings is 1. The smallest absolute Gasteiger partial charge is 0.319 e. The van der Waals surface area contributed by atoms with Crippen LogP contribution in [-0.4, -0.2) is 20.8 Å². The summed E-state index contributed by atoms with van der Waals surface area (Å²) in [5.41, 5.74) is 1.26. The number of carbonyl (C=O) groups is 1. The quantitative estimate of drug-likeness (QED) is 0.907. The lowest BCUT2D eigenvalue weighted by Gasteiger charge is -2.10. The van der Waals surface area contributed by atoms with Crippen molar-refractivity contribution in [3.8, 4) is 0 Å². The molecule has 0 radical (unpaired) electrons. The molecule has 6 nitrogen and oxygen atoms in total. The Morgan fingerprint density at radius 3 is 3.14 bits per heavy atom. The SMILES string of the molecule is Cc1ccc(F)cc1NC(=O)NCc1nnc2n1CCC2. The molecule has 1 aliphatic heterocycles. The molecule has 0 bridgehead atoms. The van der Waals surface area contributed by atoms with Gasteiger partial charge >= 0.3 is 6.03 Å². The minimum atomic E-state index is -0.390. The van der Waals surface area contributed by atoms with Gasteiger partial charge in [-0.05, 0) is 31.0 Å². The van der Waals surface area contributed by atoms with Crippen LogP contribution >= 0.6 is 0 Å². The lowest BCUT2D eigenvalue weighted by atomic mass is 10.2. The zero-order valence-corrected chi connectivity index (χ0v) is 11.7. The number of nitrogens with zero attached hydrogens (tertiary/aromatic N) is 3. The Labute approximate surface area is 121 Å². The molecule has 0 spiro atoms. The fourth-order valence-electron chi connectivity index (χ4n) is 2.40. The van der Waals surface area contributed by atoms with Crippen LogP contribution in [0.1, 0.15) is 23.6 Å². The minimum Gasteiger partial charge on any atom is -0.331 e. The van der Waals surface area contributed by atoms with Gasteiger partial charge in [-0.1, -0.05) is 6.07 Å². The first kappa shape index (κ1) is 13.5. The summed E-state index contributed by atoms with van der Waals surface area (Å²) in [7, 11) is 0. The molecule has 21 heavy (non-hydrogen) atoms. The Morgan fingerprint density at radius 1 is 1.43 bits per heavy atom. The monoisotopic (exact) mass is 289 g/mol. The van der Waals surface area contributed by atoms with Crippen molar-refractivity contribution >= 4 is 11.7 Å². The van der Waals surface area contributed by atoms with E-state index in [1.165, 1.54) is 12.1 Å². The second-order valence-electron chi connectivity index (χ2n) is 5.05. The van der Waals surface area contributed by atoms with Gasteiger partial charge in [-0.2, -0.15) is 0 Å². The average Bonchev–Trinajstić information content (AvgIpc) is 3.04. The van der Waals surface area contributed by atoms with Crippen molar-refractivity contribution in [1.29, 1.82) is 0 Å². The van der Waals surface area contributed by atoms with Crippen LogP contribution in [0.4, 0.5) is 14.9 Å². The maximum Gasteiger partial charge on any atom is 0.319 e. The third kappa shape index (κ3) is 2.86. The second-order valence-corrected chi connectivity index (χ2v) is 5.05. The van der Waals surface area contributed by atoms with Gasteiger partial charge in [-0.15, -0.1) is 10.2 Å². The van der Waals surface area contributed by atoms with E-state index >= 15 is 0 Å². The van der Waals surface area contributed by atoms with Crippen LogP contribution in [0.2, 0.25) is 0 Å². The number of halogens is 1. The number of aryl methyl sites for hydroxylation is 2. The largest absolute Gasteiger partial charge is 0.331 e. The molecule has 0 saturated heterocycles. The summed E-state index contributed by atoms with van der Waals surface area (Å²) in [6.07, 6.45) is 1.99. The molecule has 1 aromatic carbocycles. The number of anilines is 1. The number of rotatable bonds is 3. The van der Waals surface area contributed by atoms with Crippen molar-refractivity contribution < 1.29 is 9.18 Å². The van der Waals surface area contributed by atoms with E-state index in [-0.39, 0.29) is 11.8 Å². The van der Waals surface area contributed by atoms with Crippen LogP contribution in [0.5, 0.6) is 0 Å². The molecule has 0 saturated carbocycles. The summed E-state index contributed by atoms with van der Waals surface area (Å²) in [4.78, 5) is 11.9. The lowest BCUT2D eigenvalue weighted by Crippen LogP contribution is -2.29. The van der Waals surface area contributed by atoms with Gasteiger partial charge in [-0.3, -0.25) is 0 Å². The molecule has 1 aromatic heterocycles. The maximum absolute atomic E-state index is 13.2. The number of hydrogen-bond donors (Lipinski definition) is 2. The van der Waals surface area contributed by atoms with Crippen LogP contribution in [0.15, 0.2) is 18.2 Å². The van der Waals surface area contributed by atoms with Gasteiger partial charge in [0.2, 0.25) is 0 Å². The molecule has 2 aromatic rings. The summed E-state index contributed by atoms with van der Waals surface area (Å²) in [6, 6.07) is 3.89. The van der Waals surface area contributed by atoms with Crippen molar-refractivity contribution in [2.24, 2.45) is 0 Å². The number of hydrogen-bond acceptors (Lipinski definition) is 3. The number of urea groups is 1. The summed E-state index contributed by atoms with van der Waals surface area (Å²) in [5.74, 6) is 1.33. The van der Waals surface area contributed by atoms with E-state index < -0.39 is 0 Å². The van der Waals surface area contributed by atoms with Crippen molar-refractivity contribution in [1.82, 2.24) is 20.1 Å².